The summed E-state index contributed by atoms with van der Waals surface area (Å²) in [5.41, 5.74) is 8.10. The van der Waals surface area contributed by atoms with Crippen LogP contribution in [0.3, 0.4) is 0 Å². The minimum absolute atomic E-state index is 0.197. The van der Waals surface area contributed by atoms with Crippen molar-refractivity contribution < 1.29 is 9.53 Å². The Hall–Kier alpha value is -1.72. The van der Waals surface area contributed by atoms with Crippen LogP contribution in [0.15, 0.2) is 23.6 Å². The number of hydrogen-bond donors (Lipinski definition) is 2. The van der Waals surface area contributed by atoms with E-state index < -0.39 is 0 Å². The maximum absolute atomic E-state index is 12.1. The van der Waals surface area contributed by atoms with Crippen LogP contribution in [0.5, 0.6) is 5.75 Å². The van der Waals surface area contributed by atoms with Gasteiger partial charge in [-0.2, -0.15) is 0 Å². The molecule has 1 aromatic carbocycles. The second-order valence-electron chi connectivity index (χ2n) is 4.32. The predicted molar refractivity (Wildman–Crippen MR) is 82.6 cm³/mol. The molecule has 0 aliphatic heterocycles. The summed E-state index contributed by atoms with van der Waals surface area (Å²) in [7, 11) is 1.58. The van der Waals surface area contributed by atoms with Gasteiger partial charge in [-0.3, -0.25) is 4.79 Å². The van der Waals surface area contributed by atoms with Crippen molar-refractivity contribution in [2.45, 2.75) is 13.5 Å². The zero-order valence-electron chi connectivity index (χ0n) is 11.2. The van der Waals surface area contributed by atoms with E-state index in [9.17, 15) is 4.79 Å². The van der Waals surface area contributed by atoms with Crippen LogP contribution < -0.4 is 15.8 Å². The van der Waals surface area contributed by atoms with Crippen LogP contribution in [0.25, 0.3) is 0 Å². The fourth-order valence-electron chi connectivity index (χ4n) is 1.78. The first-order valence-electron chi connectivity index (χ1n) is 5.97. The monoisotopic (exact) mass is 310 g/mol. The number of methoxy groups -OCH3 is 1. The fourth-order valence-corrected chi connectivity index (χ4v) is 2.97. The molecular formula is C14H15ClN2O2S. The van der Waals surface area contributed by atoms with Crippen molar-refractivity contribution in [1.29, 1.82) is 0 Å². The Morgan fingerprint density at radius 2 is 2.25 bits per heavy atom. The van der Waals surface area contributed by atoms with E-state index in [0.717, 1.165) is 11.1 Å². The molecular weight excluding hydrogens is 296 g/mol. The first kappa shape index (κ1) is 14.7. The lowest BCUT2D eigenvalue weighted by Crippen LogP contribution is -2.22. The summed E-state index contributed by atoms with van der Waals surface area (Å²) < 4.78 is 5.24. The van der Waals surface area contributed by atoms with Crippen molar-refractivity contribution in [2.24, 2.45) is 0 Å². The molecule has 1 amide bonds. The molecule has 0 aliphatic rings. The number of aryl methyl sites for hydroxylation is 1. The number of carbonyl (C=O) groups is 1. The molecule has 0 saturated carbocycles. The van der Waals surface area contributed by atoms with Gasteiger partial charge < -0.3 is 15.8 Å². The quantitative estimate of drug-likeness (QED) is 0.852. The number of nitrogens with two attached hydrogens (primary N) is 1. The highest BCUT2D eigenvalue weighted by Gasteiger charge is 2.15. The molecule has 0 radical (unpaired) electrons. The van der Waals surface area contributed by atoms with Crippen LogP contribution in [0, 0.1) is 6.92 Å². The topological polar surface area (TPSA) is 64.3 Å². The van der Waals surface area contributed by atoms with Crippen molar-refractivity contribution in [3.63, 3.8) is 0 Å². The average Bonchev–Trinajstić information content (AvgIpc) is 2.76. The molecule has 1 heterocycles. The molecule has 1 aromatic heterocycles. The van der Waals surface area contributed by atoms with Crippen LogP contribution in [0.1, 0.15) is 20.8 Å². The highest BCUT2D eigenvalue weighted by molar-refractivity contribution is 7.13. The van der Waals surface area contributed by atoms with Crippen LogP contribution in [-0.4, -0.2) is 13.0 Å². The lowest BCUT2D eigenvalue weighted by atomic mass is 10.1. The molecule has 0 fully saturated rings. The van der Waals surface area contributed by atoms with E-state index in [0.29, 0.717) is 27.9 Å². The van der Waals surface area contributed by atoms with Gasteiger partial charge >= 0.3 is 0 Å². The number of thiophene rings is 1. The molecule has 3 N–H and O–H groups in total. The Morgan fingerprint density at radius 1 is 1.50 bits per heavy atom. The third kappa shape index (κ3) is 3.05. The van der Waals surface area contributed by atoms with Gasteiger partial charge in [-0.05, 0) is 36.1 Å². The number of nitrogen functional groups attached to an aromatic ring is 1. The Bertz CT molecular complexity index is 640. The smallest absolute Gasteiger partial charge is 0.263 e. The van der Waals surface area contributed by atoms with Crippen LogP contribution >= 0.6 is 22.9 Å². The number of halogens is 1. The van der Waals surface area contributed by atoms with Gasteiger partial charge in [-0.1, -0.05) is 11.6 Å². The van der Waals surface area contributed by atoms with Crippen LogP contribution in [-0.2, 0) is 6.54 Å². The van der Waals surface area contributed by atoms with Crippen molar-refractivity contribution >= 4 is 34.5 Å². The lowest BCUT2D eigenvalue weighted by molar-refractivity contribution is 0.0955. The molecule has 0 unspecified atom stereocenters. The van der Waals surface area contributed by atoms with Crippen molar-refractivity contribution in [1.82, 2.24) is 5.32 Å². The van der Waals surface area contributed by atoms with Crippen molar-refractivity contribution in [3.05, 3.63) is 44.6 Å². The zero-order chi connectivity index (χ0) is 14.7. The molecule has 106 valence electrons. The summed E-state index contributed by atoms with van der Waals surface area (Å²) in [6, 6.07) is 5.31. The summed E-state index contributed by atoms with van der Waals surface area (Å²) in [5.74, 6) is 0.491. The van der Waals surface area contributed by atoms with Gasteiger partial charge in [0.05, 0.1) is 12.1 Å². The van der Waals surface area contributed by atoms with Crippen LogP contribution in [0.4, 0.5) is 5.69 Å². The number of hydrogen-bond acceptors (Lipinski definition) is 4. The molecule has 0 aliphatic carbocycles. The Kier molecular flexibility index (Phi) is 4.52. The number of ether oxygens (including phenoxy) is 1. The molecule has 2 rings (SSSR count). The molecule has 6 heteroatoms. The van der Waals surface area contributed by atoms with Gasteiger partial charge in [0.2, 0.25) is 0 Å². The number of benzene rings is 1. The normalized spacial score (nSPS) is 10.3. The second kappa shape index (κ2) is 6.15. The highest BCUT2D eigenvalue weighted by atomic mass is 35.5. The van der Waals surface area contributed by atoms with E-state index in [1.54, 1.807) is 25.3 Å². The van der Waals surface area contributed by atoms with Gasteiger partial charge in [0.15, 0.2) is 0 Å². The average molecular weight is 311 g/mol. The molecule has 0 atom stereocenters. The minimum Gasteiger partial charge on any atom is -0.496 e. The number of rotatable bonds is 4. The van der Waals surface area contributed by atoms with Crippen molar-refractivity contribution in [2.75, 3.05) is 12.8 Å². The van der Waals surface area contributed by atoms with E-state index in [4.69, 9.17) is 22.1 Å². The summed E-state index contributed by atoms with van der Waals surface area (Å²) in [6.45, 7) is 2.21. The summed E-state index contributed by atoms with van der Waals surface area (Å²) in [6.07, 6.45) is 0. The number of anilines is 1. The largest absolute Gasteiger partial charge is 0.496 e. The van der Waals surface area contributed by atoms with E-state index in [1.165, 1.54) is 11.3 Å². The molecule has 0 saturated heterocycles. The van der Waals surface area contributed by atoms with Gasteiger partial charge in [-0.25, -0.2) is 0 Å². The van der Waals surface area contributed by atoms with Gasteiger partial charge in [0.1, 0.15) is 10.6 Å². The van der Waals surface area contributed by atoms with E-state index in [-0.39, 0.29) is 5.91 Å². The standard InChI is InChI=1S/C14H15ClN2O2S/c1-8-7-20-13(12(8)15)14(18)17-6-9-5-10(16)3-4-11(9)19-2/h3-5,7H,6,16H2,1-2H3,(H,17,18). The zero-order valence-corrected chi connectivity index (χ0v) is 12.8. The minimum atomic E-state index is -0.197. The third-order valence-corrected chi connectivity index (χ3v) is 4.54. The lowest BCUT2D eigenvalue weighted by Gasteiger charge is -2.10. The molecule has 20 heavy (non-hydrogen) atoms. The Morgan fingerprint density at radius 3 is 2.85 bits per heavy atom. The molecule has 0 spiro atoms. The molecule has 2 aromatic rings. The highest BCUT2D eigenvalue weighted by Crippen LogP contribution is 2.27. The summed E-state index contributed by atoms with van der Waals surface area (Å²) in [5, 5.41) is 5.19. The summed E-state index contributed by atoms with van der Waals surface area (Å²) in [4.78, 5) is 12.6. The third-order valence-electron chi connectivity index (χ3n) is 2.85. The summed E-state index contributed by atoms with van der Waals surface area (Å²) >= 11 is 7.41. The van der Waals surface area contributed by atoms with Crippen LogP contribution in [0.2, 0.25) is 5.02 Å². The SMILES string of the molecule is COc1ccc(N)cc1CNC(=O)c1scc(C)c1Cl. The van der Waals surface area contributed by atoms with Crippen molar-refractivity contribution in [3.8, 4) is 5.75 Å². The first-order chi connectivity index (χ1) is 9.52. The predicted octanol–water partition coefficient (Wildman–Crippen LogP) is 3.23. The van der Waals surface area contributed by atoms with E-state index >= 15 is 0 Å². The van der Waals surface area contributed by atoms with Gasteiger partial charge in [0.25, 0.3) is 5.91 Å². The number of amides is 1. The maximum atomic E-state index is 12.1. The Balaban J connectivity index is 2.11. The molecule has 0 bridgehead atoms. The first-order valence-corrected chi connectivity index (χ1v) is 7.23. The number of nitrogens with one attached hydrogen (secondary N) is 1. The van der Waals surface area contributed by atoms with E-state index in [2.05, 4.69) is 5.32 Å². The number of carbonyl (C=O) groups excluding carboxylic acids is 1. The van der Waals surface area contributed by atoms with E-state index in [1.807, 2.05) is 12.3 Å². The Labute approximate surface area is 126 Å². The van der Waals surface area contributed by atoms with Gasteiger partial charge in [0, 0.05) is 17.8 Å². The maximum Gasteiger partial charge on any atom is 0.263 e. The second-order valence-corrected chi connectivity index (χ2v) is 5.57. The van der Waals surface area contributed by atoms with Gasteiger partial charge in [-0.15, -0.1) is 11.3 Å². The molecule has 4 nitrogen and oxygen atoms in total. The fraction of sp³-hybridized carbons (Fsp3) is 0.214.